The van der Waals surface area contributed by atoms with E-state index < -0.39 is 0 Å². The van der Waals surface area contributed by atoms with Gasteiger partial charge in [-0.2, -0.15) is 0 Å². The standard InChI is InChI=1S/C14H19BrClN3/c1-18(2)8-3-9-19-13-5-4-11(15)10-12(13)17-14(19)6-7-16/h4-5,10H,3,6-9H2,1-2H3. The highest BCUT2D eigenvalue weighted by Crippen LogP contribution is 2.21. The predicted octanol–water partition coefficient (Wildman–Crippen LogP) is 3.53. The van der Waals surface area contributed by atoms with Crippen LogP contribution in [-0.2, 0) is 13.0 Å². The molecule has 104 valence electrons. The molecule has 0 fully saturated rings. The molecule has 0 aliphatic rings. The number of hydrogen-bond donors (Lipinski definition) is 0. The second kappa shape index (κ2) is 6.73. The van der Waals surface area contributed by atoms with E-state index in [9.17, 15) is 0 Å². The summed E-state index contributed by atoms with van der Waals surface area (Å²) in [6.07, 6.45) is 1.93. The van der Waals surface area contributed by atoms with Gasteiger partial charge in [-0.15, -0.1) is 11.6 Å². The number of imidazole rings is 1. The highest BCUT2D eigenvalue weighted by Gasteiger charge is 2.10. The fraction of sp³-hybridized carbons (Fsp3) is 0.500. The normalized spacial score (nSPS) is 11.6. The summed E-state index contributed by atoms with van der Waals surface area (Å²) in [6.45, 7) is 2.07. The van der Waals surface area contributed by atoms with Crippen molar-refractivity contribution in [2.24, 2.45) is 0 Å². The van der Waals surface area contributed by atoms with E-state index >= 15 is 0 Å². The van der Waals surface area contributed by atoms with Crippen molar-refractivity contribution in [1.82, 2.24) is 14.5 Å². The monoisotopic (exact) mass is 343 g/mol. The lowest BCUT2D eigenvalue weighted by Crippen LogP contribution is -2.16. The first-order valence-corrected chi connectivity index (χ1v) is 7.80. The number of aryl methyl sites for hydroxylation is 2. The summed E-state index contributed by atoms with van der Waals surface area (Å²) in [5.41, 5.74) is 2.24. The second-order valence-corrected chi connectivity index (χ2v) is 6.20. The minimum absolute atomic E-state index is 0.609. The maximum Gasteiger partial charge on any atom is 0.111 e. The van der Waals surface area contributed by atoms with Crippen molar-refractivity contribution in [2.75, 3.05) is 26.5 Å². The summed E-state index contributed by atoms with van der Waals surface area (Å²) in [5.74, 6) is 1.69. The van der Waals surface area contributed by atoms with Crippen LogP contribution in [0.5, 0.6) is 0 Å². The summed E-state index contributed by atoms with van der Waals surface area (Å²) in [6, 6.07) is 6.26. The zero-order valence-electron chi connectivity index (χ0n) is 11.4. The van der Waals surface area contributed by atoms with E-state index in [0.717, 1.165) is 41.7 Å². The van der Waals surface area contributed by atoms with E-state index in [1.807, 2.05) is 0 Å². The predicted molar refractivity (Wildman–Crippen MR) is 85.0 cm³/mol. The summed E-state index contributed by atoms with van der Waals surface area (Å²) >= 11 is 9.38. The van der Waals surface area contributed by atoms with E-state index in [2.05, 4.69) is 57.7 Å². The average Bonchev–Trinajstić information content (AvgIpc) is 2.66. The van der Waals surface area contributed by atoms with Crippen LogP contribution in [0.3, 0.4) is 0 Å². The molecule has 2 rings (SSSR count). The van der Waals surface area contributed by atoms with Crippen LogP contribution < -0.4 is 0 Å². The van der Waals surface area contributed by atoms with Gasteiger partial charge in [-0.05, 0) is 45.3 Å². The first-order chi connectivity index (χ1) is 9.11. The Hall–Kier alpha value is -0.580. The number of alkyl halides is 1. The van der Waals surface area contributed by atoms with Crippen LogP contribution in [0.15, 0.2) is 22.7 Å². The van der Waals surface area contributed by atoms with Crippen molar-refractivity contribution in [2.45, 2.75) is 19.4 Å². The molecule has 5 heteroatoms. The van der Waals surface area contributed by atoms with Crippen LogP contribution in [0.1, 0.15) is 12.2 Å². The quantitative estimate of drug-likeness (QED) is 0.748. The summed E-state index contributed by atoms with van der Waals surface area (Å²) in [4.78, 5) is 6.90. The van der Waals surface area contributed by atoms with Gasteiger partial charge in [0.15, 0.2) is 0 Å². The van der Waals surface area contributed by atoms with Gasteiger partial charge in [0.25, 0.3) is 0 Å². The molecule has 0 unspecified atom stereocenters. The molecule has 0 spiro atoms. The number of halogens is 2. The average molecular weight is 345 g/mol. The number of hydrogen-bond acceptors (Lipinski definition) is 2. The molecule has 0 saturated carbocycles. The van der Waals surface area contributed by atoms with Gasteiger partial charge < -0.3 is 9.47 Å². The van der Waals surface area contributed by atoms with Gasteiger partial charge >= 0.3 is 0 Å². The van der Waals surface area contributed by atoms with E-state index in [-0.39, 0.29) is 0 Å². The molecule has 0 N–H and O–H groups in total. The largest absolute Gasteiger partial charge is 0.328 e. The van der Waals surface area contributed by atoms with E-state index in [4.69, 9.17) is 16.6 Å². The number of benzene rings is 1. The lowest BCUT2D eigenvalue weighted by Gasteiger charge is -2.12. The second-order valence-electron chi connectivity index (χ2n) is 4.91. The molecular formula is C14H19BrClN3. The Balaban J connectivity index is 2.29. The Bertz CT molecular complexity index is 551. The Morgan fingerprint density at radius 2 is 2.16 bits per heavy atom. The van der Waals surface area contributed by atoms with Gasteiger partial charge in [-0.3, -0.25) is 0 Å². The van der Waals surface area contributed by atoms with Gasteiger partial charge in [0.1, 0.15) is 5.82 Å². The first-order valence-electron chi connectivity index (χ1n) is 6.47. The van der Waals surface area contributed by atoms with Crippen LogP contribution in [0.4, 0.5) is 0 Å². The molecule has 0 atom stereocenters. The van der Waals surface area contributed by atoms with Gasteiger partial charge in [0.05, 0.1) is 11.0 Å². The summed E-state index contributed by atoms with van der Waals surface area (Å²) in [7, 11) is 4.20. The third-order valence-corrected chi connectivity index (χ3v) is 3.78. The maximum atomic E-state index is 5.88. The molecule has 2 aromatic rings. The van der Waals surface area contributed by atoms with Crippen LogP contribution in [0.25, 0.3) is 11.0 Å². The minimum Gasteiger partial charge on any atom is -0.328 e. The van der Waals surface area contributed by atoms with Crippen molar-refractivity contribution in [3.8, 4) is 0 Å². The fourth-order valence-electron chi connectivity index (χ4n) is 2.22. The number of rotatable bonds is 6. The third-order valence-electron chi connectivity index (χ3n) is 3.09. The molecule has 0 amide bonds. The third kappa shape index (κ3) is 3.71. The highest BCUT2D eigenvalue weighted by atomic mass is 79.9. The summed E-state index contributed by atoms with van der Waals surface area (Å²) in [5, 5.41) is 0. The molecule has 3 nitrogen and oxygen atoms in total. The zero-order chi connectivity index (χ0) is 13.8. The van der Waals surface area contributed by atoms with Crippen molar-refractivity contribution >= 4 is 38.6 Å². The molecule has 0 bridgehead atoms. The molecule has 1 heterocycles. The topological polar surface area (TPSA) is 21.1 Å². The molecule has 1 aromatic heterocycles. The Morgan fingerprint density at radius 1 is 1.37 bits per heavy atom. The van der Waals surface area contributed by atoms with Crippen LogP contribution in [0, 0.1) is 0 Å². The first kappa shape index (κ1) is 14.8. The van der Waals surface area contributed by atoms with Crippen molar-refractivity contribution < 1.29 is 0 Å². The molecule has 0 radical (unpaired) electrons. The van der Waals surface area contributed by atoms with Crippen molar-refractivity contribution in [1.29, 1.82) is 0 Å². The molecule has 19 heavy (non-hydrogen) atoms. The minimum atomic E-state index is 0.609. The number of aromatic nitrogens is 2. The Kier molecular flexibility index (Phi) is 5.25. The molecule has 0 saturated heterocycles. The van der Waals surface area contributed by atoms with E-state index in [1.165, 1.54) is 5.52 Å². The molecule has 1 aromatic carbocycles. The maximum absolute atomic E-state index is 5.88. The van der Waals surface area contributed by atoms with E-state index in [0.29, 0.717) is 5.88 Å². The van der Waals surface area contributed by atoms with Crippen molar-refractivity contribution in [3.05, 3.63) is 28.5 Å². The smallest absolute Gasteiger partial charge is 0.111 e. The van der Waals surface area contributed by atoms with Gasteiger partial charge in [0.2, 0.25) is 0 Å². The lowest BCUT2D eigenvalue weighted by atomic mass is 10.3. The van der Waals surface area contributed by atoms with Crippen molar-refractivity contribution in [3.63, 3.8) is 0 Å². The number of fused-ring (bicyclic) bond motifs is 1. The SMILES string of the molecule is CN(C)CCCn1c(CCCl)nc2cc(Br)ccc21. The van der Waals surface area contributed by atoms with E-state index in [1.54, 1.807) is 0 Å². The zero-order valence-corrected chi connectivity index (χ0v) is 13.7. The molecular weight excluding hydrogens is 326 g/mol. The molecule has 0 aliphatic carbocycles. The number of nitrogens with zero attached hydrogens (tertiary/aromatic N) is 3. The van der Waals surface area contributed by atoms with Gasteiger partial charge in [-0.1, -0.05) is 15.9 Å². The van der Waals surface area contributed by atoms with Gasteiger partial charge in [-0.25, -0.2) is 4.98 Å². The Labute approximate surface area is 127 Å². The summed E-state index contributed by atoms with van der Waals surface area (Å²) < 4.78 is 3.36. The fourth-order valence-corrected chi connectivity index (χ4v) is 2.74. The highest BCUT2D eigenvalue weighted by molar-refractivity contribution is 9.10. The van der Waals surface area contributed by atoms with Crippen LogP contribution >= 0.6 is 27.5 Å². The molecule has 0 aliphatic heterocycles. The van der Waals surface area contributed by atoms with Gasteiger partial charge in [0, 0.05) is 23.3 Å². The lowest BCUT2D eigenvalue weighted by molar-refractivity contribution is 0.386. The van der Waals surface area contributed by atoms with Crippen LogP contribution in [-0.4, -0.2) is 41.0 Å². The Morgan fingerprint density at radius 3 is 2.84 bits per heavy atom. The van der Waals surface area contributed by atoms with Crippen LogP contribution in [0.2, 0.25) is 0 Å².